The lowest BCUT2D eigenvalue weighted by atomic mass is 9.98. The van der Waals surface area contributed by atoms with E-state index in [-0.39, 0.29) is 79.4 Å². The summed E-state index contributed by atoms with van der Waals surface area (Å²) in [6.07, 6.45) is -5.75. The SMILES string of the molecule is Cc1c(OC(N)=O)cc(OC(N)=O)cc1C1=CC(c2cc(OC(N)=O)cc(OC(N)=O)c2C)=NN(c2cc(OC(N)=O)cc(OC(N)=O)c2C)N1. The lowest BCUT2D eigenvalue weighted by molar-refractivity contribution is 0.207. The highest BCUT2D eigenvalue weighted by Gasteiger charge is 2.27. The van der Waals surface area contributed by atoms with Crippen LogP contribution in [0.2, 0.25) is 0 Å². The van der Waals surface area contributed by atoms with E-state index < -0.39 is 36.6 Å². The molecule has 0 bridgehead atoms. The average Bonchev–Trinajstić information content (AvgIpc) is 3.00. The van der Waals surface area contributed by atoms with Gasteiger partial charge in [-0.2, -0.15) is 10.2 Å². The van der Waals surface area contributed by atoms with Crippen LogP contribution in [0, 0.1) is 20.8 Å². The number of rotatable bonds is 9. The van der Waals surface area contributed by atoms with Gasteiger partial charge in [0.2, 0.25) is 0 Å². The predicted molar refractivity (Wildman–Crippen MR) is 175 cm³/mol. The van der Waals surface area contributed by atoms with Gasteiger partial charge in [-0.05, 0) is 39.0 Å². The van der Waals surface area contributed by atoms with E-state index in [0.29, 0.717) is 0 Å². The zero-order valence-electron chi connectivity index (χ0n) is 26.8. The summed E-state index contributed by atoms with van der Waals surface area (Å²) < 4.78 is 30.5. The van der Waals surface area contributed by atoms with Gasteiger partial charge in [-0.1, -0.05) is 0 Å². The minimum absolute atomic E-state index is 0.0430. The molecule has 0 spiro atoms. The molecule has 51 heavy (non-hydrogen) atoms. The van der Waals surface area contributed by atoms with Crippen molar-refractivity contribution in [1.29, 1.82) is 0 Å². The number of nitrogens with two attached hydrogens (primary N) is 6. The van der Waals surface area contributed by atoms with Crippen molar-refractivity contribution in [2.24, 2.45) is 39.5 Å². The maximum absolute atomic E-state index is 11.8. The molecule has 1 aliphatic heterocycles. The van der Waals surface area contributed by atoms with Gasteiger partial charge in [0, 0.05) is 52.1 Å². The Morgan fingerprint density at radius 3 is 1.33 bits per heavy atom. The molecule has 0 saturated heterocycles. The minimum atomic E-state index is -1.21. The summed E-state index contributed by atoms with van der Waals surface area (Å²) in [5.74, 6) is -1.00. The molecule has 13 N–H and O–H groups in total. The van der Waals surface area contributed by atoms with Crippen LogP contribution in [-0.4, -0.2) is 42.3 Å². The number of anilines is 1. The molecule has 266 valence electrons. The van der Waals surface area contributed by atoms with Crippen LogP contribution in [0.1, 0.15) is 27.8 Å². The van der Waals surface area contributed by atoms with Crippen molar-refractivity contribution in [3.8, 4) is 34.5 Å². The van der Waals surface area contributed by atoms with Crippen LogP contribution < -0.4 is 73.4 Å². The summed E-state index contributed by atoms with van der Waals surface area (Å²) in [5, 5.41) is 5.77. The van der Waals surface area contributed by atoms with Gasteiger partial charge in [0.1, 0.15) is 34.5 Å². The number of allylic oxidation sites excluding steroid dienone is 1. The first kappa shape index (κ1) is 36.1. The number of nitrogens with zero attached hydrogens (tertiary/aromatic N) is 2. The third kappa shape index (κ3) is 8.81. The highest BCUT2D eigenvalue weighted by Crippen LogP contribution is 2.39. The first-order valence-corrected chi connectivity index (χ1v) is 14.1. The molecule has 21 nitrogen and oxygen atoms in total. The number of carbonyl (C=O) groups is 6. The maximum Gasteiger partial charge on any atom is 0.409 e. The second-order valence-electron chi connectivity index (χ2n) is 10.2. The van der Waals surface area contributed by atoms with E-state index in [9.17, 15) is 28.8 Å². The molecule has 4 rings (SSSR count). The number of hydrogen-bond donors (Lipinski definition) is 7. The highest BCUT2D eigenvalue weighted by molar-refractivity contribution is 6.15. The van der Waals surface area contributed by atoms with Crippen molar-refractivity contribution in [3.63, 3.8) is 0 Å². The van der Waals surface area contributed by atoms with E-state index in [1.54, 1.807) is 0 Å². The Labute approximate surface area is 286 Å². The summed E-state index contributed by atoms with van der Waals surface area (Å²) in [6, 6.07) is 7.54. The summed E-state index contributed by atoms with van der Waals surface area (Å²) in [7, 11) is 0. The van der Waals surface area contributed by atoms with Crippen molar-refractivity contribution in [1.82, 2.24) is 5.43 Å². The molecular formula is C30H29N9O12. The number of amides is 6. The first-order valence-electron chi connectivity index (χ1n) is 14.1. The van der Waals surface area contributed by atoms with E-state index in [1.807, 2.05) is 0 Å². The van der Waals surface area contributed by atoms with E-state index >= 15 is 0 Å². The molecule has 6 amide bonds. The van der Waals surface area contributed by atoms with Gasteiger partial charge >= 0.3 is 36.6 Å². The highest BCUT2D eigenvalue weighted by atomic mass is 16.6. The molecule has 1 heterocycles. The largest absolute Gasteiger partial charge is 0.410 e. The average molecular weight is 708 g/mol. The third-order valence-corrected chi connectivity index (χ3v) is 6.77. The van der Waals surface area contributed by atoms with E-state index in [0.717, 1.165) is 5.12 Å². The second-order valence-corrected chi connectivity index (χ2v) is 10.2. The molecule has 3 aromatic carbocycles. The van der Waals surface area contributed by atoms with Crippen LogP contribution in [0.4, 0.5) is 34.5 Å². The standard InChI is InChI=1S/C30H29N9O12/c1-11-17(4-14(46-25(31)40)7-22(11)49-28(34)43)19-10-20(18-5-15(47-26(32)41)8-23(12(18)2)50-29(35)44)38-39(37-19)21-6-16(48-27(33)42)9-24(13(21)3)51-30(36)45/h4-10,37H,1-3H3,(H2,31,40)(H2,32,41)(H2,33,42)(H2,34,43)(H2,35,44)(H2,36,45). The molecule has 0 unspecified atom stereocenters. The molecular weight excluding hydrogens is 678 g/mol. The number of ether oxygens (including phenoxy) is 6. The Kier molecular flexibility index (Phi) is 10.3. The topological polar surface area (TPSA) is 342 Å². The molecule has 0 atom stereocenters. The summed E-state index contributed by atoms with van der Waals surface area (Å²) in [6.45, 7) is 4.57. The molecule has 21 heteroatoms. The van der Waals surface area contributed by atoms with Crippen molar-refractivity contribution in [2.45, 2.75) is 20.8 Å². The number of carbonyl (C=O) groups excluding carboxylic acids is 6. The van der Waals surface area contributed by atoms with E-state index in [1.165, 1.54) is 63.2 Å². The smallest absolute Gasteiger partial charge is 0.409 e. The molecule has 0 aliphatic carbocycles. The number of nitrogens with one attached hydrogen (secondary N) is 1. The van der Waals surface area contributed by atoms with Crippen LogP contribution in [0.5, 0.6) is 34.5 Å². The first-order chi connectivity index (χ1) is 23.9. The molecule has 1 aliphatic rings. The van der Waals surface area contributed by atoms with Gasteiger partial charge in [-0.15, -0.1) is 0 Å². The van der Waals surface area contributed by atoms with Crippen LogP contribution in [0.25, 0.3) is 5.70 Å². The van der Waals surface area contributed by atoms with Gasteiger partial charge in [0.15, 0.2) is 0 Å². The fourth-order valence-corrected chi connectivity index (χ4v) is 4.74. The zero-order valence-corrected chi connectivity index (χ0v) is 26.8. The molecule has 0 radical (unpaired) electrons. The Bertz CT molecular complexity index is 2060. The molecule has 0 aromatic heterocycles. The summed E-state index contributed by atoms with van der Waals surface area (Å²) in [5.41, 5.74) is 35.9. The molecule has 0 fully saturated rings. The van der Waals surface area contributed by atoms with E-state index in [2.05, 4.69) is 10.5 Å². The van der Waals surface area contributed by atoms with Gasteiger partial charge < -0.3 is 62.8 Å². The zero-order chi connectivity index (χ0) is 37.7. The Balaban J connectivity index is 2.07. The minimum Gasteiger partial charge on any atom is -0.410 e. The van der Waals surface area contributed by atoms with Crippen molar-refractivity contribution in [2.75, 3.05) is 5.12 Å². The van der Waals surface area contributed by atoms with Crippen molar-refractivity contribution < 1.29 is 57.2 Å². The number of hydrogen-bond acceptors (Lipinski definition) is 15. The molecule has 3 aromatic rings. The van der Waals surface area contributed by atoms with Crippen LogP contribution in [0.15, 0.2) is 47.6 Å². The lowest BCUT2D eigenvalue weighted by Gasteiger charge is -2.30. The molecule has 0 saturated carbocycles. The Morgan fingerprint density at radius 1 is 0.529 bits per heavy atom. The number of benzene rings is 3. The van der Waals surface area contributed by atoms with Crippen LogP contribution in [-0.2, 0) is 0 Å². The summed E-state index contributed by atoms with van der Waals surface area (Å²) in [4.78, 5) is 70.3. The maximum atomic E-state index is 11.8. The number of hydrazine groups is 1. The number of hydrazone groups is 1. The Morgan fingerprint density at radius 2 is 0.902 bits per heavy atom. The fraction of sp³-hybridized carbons (Fsp3) is 0.100. The second kappa shape index (κ2) is 14.6. The van der Waals surface area contributed by atoms with Gasteiger partial charge in [-0.3, -0.25) is 5.43 Å². The normalized spacial score (nSPS) is 11.9. The van der Waals surface area contributed by atoms with Gasteiger partial charge in [0.05, 0.1) is 17.1 Å². The van der Waals surface area contributed by atoms with Crippen LogP contribution >= 0.6 is 0 Å². The van der Waals surface area contributed by atoms with Crippen molar-refractivity contribution in [3.05, 3.63) is 70.3 Å². The van der Waals surface area contributed by atoms with E-state index in [4.69, 9.17) is 62.8 Å². The Hall–Kier alpha value is -7.71. The predicted octanol–water partition coefficient (Wildman–Crippen LogP) is 2.13. The van der Waals surface area contributed by atoms with Crippen LogP contribution in [0.3, 0.4) is 0 Å². The quantitative estimate of drug-likeness (QED) is 0.167. The summed E-state index contributed by atoms with van der Waals surface area (Å²) >= 11 is 0. The monoisotopic (exact) mass is 707 g/mol. The van der Waals surface area contributed by atoms with Gasteiger partial charge in [0.25, 0.3) is 0 Å². The van der Waals surface area contributed by atoms with Crippen molar-refractivity contribution >= 4 is 53.7 Å². The van der Waals surface area contributed by atoms with Gasteiger partial charge in [-0.25, -0.2) is 28.8 Å². The fourth-order valence-electron chi connectivity index (χ4n) is 4.74. The third-order valence-electron chi connectivity index (χ3n) is 6.77. The lowest BCUT2D eigenvalue weighted by Crippen LogP contribution is -2.37. The number of primary amides is 6.